The Bertz CT molecular complexity index is 1120. The number of rotatable bonds is 5. The van der Waals surface area contributed by atoms with Crippen LogP contribution in [0.1, 0.15) is 23.5 Å². The van der Waals surface area contributed by atoms with E-state index in [1.54, 1.807) is 30.3 Å². The van der Waals surface area contributed by atoms with Crippen LogP contribution in [-0.2, 0) is 19.6 Å². The molecule has 3 rings (SSSR count). The van der Waals surface area contributed by atoms with Gasteiger partial charge in [-0.25, -0.2) is 13.6 Å². The average Bonchev–Trinajstić information content (AvgIpc) is 2.65. The Hall–Kier alpha value is -3.23. The van der Waals surface area contributed by atoms with Crippen LogP contribution in [0, 0.1) is 0 Å². The molecule has 0 bridgehead atoms. The van der Waals surface area contributed by atoms with Gasteiger partial charge in [0.2, 0.25) is 10.0 Å². The number of hydrogen-bond donors (Lipinski definition) is 3. The molecule has 144 valence electrons. The first kappa shape index (κ1) is 19.5. The molecule has 1 amide bonds. The Labute approximate surface area is 162 Å². The van der Waals surface area contributed by atoms with E-state index in [0.29, 0.717) is 11.1 Å². The summed E-state index contributed by atoms with van der Waals surface area (Å²) in [6, 6.07) is 12.3. The molecule has 28 heavy (non-hydrogen) atoms. The van der Waals surface area contributed by atoms with Gasteiger partial charge in [-0.15, -0.1) is 6.58 Å². The van der Waals surface area contributed by atoms with Gasteiger partial charge in [0.25, 0.3) is 5.91 Å². The molecule has 1 unspecified atom stereocenters. The van der Waals surface area contributed by atoms with E-state index in [0.717, 1.165) is 0 Å². The third-order valence-electron chi connectivity index (χ3n) is 4.46. The van der Waals surface area contributed by atoms with Crippen molar-refractivity contribution < 1.29 is 23.1 Å². The zero-order chi connectivity index (χ0) is 20.5. The molecule has 4 N–H and O–H groups in total. The van der Waals surface area contributed by atoms with Crippen molar-refractivity contribution in [3.8, 4) is 0 Å². The minimum absolute atomic E-state index is 0.0813. The van der Waals surface area contributed by atoms with Crippen LogP contribution in [0.3, 0.4) is 0 Å². The van der Waals surface area contributed by atoms with Gasteiger partial charge in [0.05, 0.1) is 11.6 Å². The summed E-state index contributed by atoms with van der Waals surface area (Å²) in [5, 5.41) is 18.1. The van der Waals surface area contributed by atoms with Gasteiger partial charge in [-0.05, 0) is 24.1 Å². The van der Waals surface area contributed by atoms with Gasteiger partial charge in [-0.1, -0.05) is 42.5 Å². The fourth-order valence-electron chi connectivity index (χ4n) is 3.21. The summed E-state index contributed by atoms with van der Waals surface area (Å²) in [7, 11) is -4.10. The molecule has 2 aromatic carbocycles. The number of benzene rings is 2. The fourth-order valence-corrected chi connectivity index (χ4v) is 3.90. The smallest absolute Gasteiger partial charge is 0.263 e. The lowest BCUT2D eigenvalue weighted by atomic mass is 9.79. The summed E-state index contributed by atoms with van der Waals surface area (Å²) in [5.74, 6) is -2.60. The van der Waals surface area contributed by atoms with Gasteiger partial charge in [-0.3, -0.25) is 9.59 Å². The molecule has 1 aliphatic rings. The van der Waals surface area contributed by atoms with E-state index in [9.17, 15) is 23.1 Å². The van der Waals surface area contributed by atoms with E-state index in [1.807, 2.05) is 0 Å². The molecule has 2 aromatic rings. The Balaban J connectivity index is 2.07. The van der Waals surface area contributed by atoms with E-state index in [4.69, 9.17) is 5.14 Å². The molecular weight excluding hydrogens is 380 g/mol. The highest BCUT2D eigenvalue weighted by Crippen LogP contribution is 2.37. The second-order valence-corrected chi connectivity index (χ2v) is 7.78. The second kappa shape index (κ2) is 7.41. The van der Waals surface area contributed by atoms with Gasteiger partial charge < -0.3 is 10.4 Å². The van der Waals surface area contributed by atoms with Gasteiger partial charge in [0, 0.05) is 5.56 Å². The largest absolute Gasteiger partial charge is 0.506 e. The van der Waals surface area contributed by atoms with Gasteiger partial charge >= 0.3 is 0 Å². The lowest BCUT2D eigenvalue weighted by Gasteiger charge is -2.25. The second-order valence-electron chi connectivity index (χ2n) is 6.25. The highest BCUT2D eigenvalue weighted by atomic mass is 32.2. The van der Waals surface area contributed by atoms with Crippen LogP contribution in [0.4, 0.5) is 5.69 Å². The van der Waals surface area contributed by atoms with Crippen molar-refractivity contribution in [3.05, 3.63) is 77.9 Å². The summed E-state index contributed by atoms with van der Waals surface area (Å²) < 4.78 is 23.5. The highest BCUT2D eigenvalue weighted by molar-refractivity contribution is 7.89. The summed E-state index contributed by atoms with van der Waals surface area (Å²) >= 11 is 0. The van der Waals surface area contributed by atoms with Crippen molar-refractivity contribution in [2.45, 2.75) is 17.2 Å². The maximum Gasteiger partial charge on any atom is 0.263 e. The number of nitrogens with two attached hydrogens (primary N) is 1. The lowest BCUT2D eigenvalue weighted by molar-refractivity contribution is -0.121. The number of para-hydroxylation sites is 1. The maximum absolute atomic E-state index is 12.9. The number of amides is 1. The first-order valence-electron chi connectivity index (χ1n) is 8.36. The van der Waals surface area contributed by atoms with Gasteiger partial charge in [-0.2, -0.15) is 0 Å². The topological polar surface area (TPSA) is 127 Å². The fraction of sp³-hybridized carbons (Fsp3) is 0.100. The van der Waals surface area contributed by atoms with Crippen LogP contribution in [-0.4, -0.2) is 25.2 Å². The minimum Gasteiger partial charge on any atom is -0.506 e. The van der Waals surface area contributed by atoms with Crippen molar-refractivity contribution in [2.24, 2.45) is 5.14 Å². The number of primary sulfonamides is 1. The molecule has 0 aromatic heterocycles. The summed E-state index contributed by atoms with van der Waals surface area (Å²) in [6.45, 7) is 3.65. The van der Waals surface area contributed by atoms with Crippen LogP contribution >= 0.6 is 0 Å². The molecule has 1 aliphatic carbocycles. The number of sulfonamides is 1. The number of aliphatic hydroxyl groups is 1. The number of anilines is 1. The Kier molecular flexibility index (Phi) is 5.17. The molecule has 0 heterocycles. The quantitative estimate of drug-likeness (QED) is 0.527. The number of carbonyl (C=O) groups is 2. The van der Waals surface area contributed by atoms with Crippen LogP contribution in [0.25, 0.3) is 5.76 Å². The normalized spacial score (nSPS) is 16.5. The predicted octanol–water partition coefficient (Wildman–Crippen LogP) is 2.48. The Morgan fingerprint density at radius 3 is 2.50 bits per heavy atom. The standard InChI is InChI=1S/C20H18N2O5S/c1-2-7-13-12-8-3-4-9-14(12)19(24)17(18(13)23)20(25)22-15-10-5-6-11-16(15)28(21,26)27/h2-6,8-11,13,24H,1,7H2,(H,22,25)(H2,21,26,27). The van der Waals surface area contributed by atoms with E-state index in [1.165, 1.54) is 24.3 Å². The molecule has 0 aliphatic heterocycles. The molecule has 7 nitrogen and oxygen atoms in total. The zero-order valence-corrected chi connectivity index (χ0v) is 15.6. The Morgan fingerprint density at radius 1 is 1.18 bits per heavy atom. The number of fused-ring (bicyclic) bond motifs is 1. The molecule has 0 saturated heterocycles. The molecule has 8 heteroatoms. The summed E-state index contributed by atoms with van der Waals surface area (Å²) in [5.41, 5.74) is 0.460. The van der Waals surface area contributed by atoms with Crippen LogP contribution < -0.4 is 10.5 Å². The SMILES string of the molecule is C=CCC1C(=O)C(C(=O)Nc2ccccc2S(N)(=O)=O)=C(O)c2ccccc21. The van der Waals surface area contributed by atoms with Crippen LogP contribution in [0.15, 0.2) is 71.7 Å². The molecule has 0 radical (unpaired) electrons. The summed E-state index contributed by atoms with van der Waals surface area (Å²) in [4.78, 5) is 25.5. The number of carbonyl (C=O) groups excluding carboxylic acids is 2. The van der Waals surface area contributed by atoms with Gasteiger partial charge in [0.1, 0.15) is 16.2 Å². The first-order chi connectivity index (χ1) is 13.3. The highest BCUT2D eigenvalue weighted by Gasteiger charge is 2.37. The predicted molar refractivity (Wildman–Crippen MR) is 105 cm³/mol. The van der Waals surface area contributed by atoms with Crippen molar-refractivity contribution in [2.75, 3.05) is 5.32 Å². The van der Waals surface area contributed by atoms with E-state index in [-0.39, 0.29) is 17.0 Å². The lowest BCUT2D eigenvalue weighted by Crippen LogP contribution is -2.30. The van der Waals surface area contributed by atoms with Crippen molar-refractivity contribution in [1.82, 2.24) is 0 Å². The number of allylic oxidation sites excluding steroid dienone is 1. The molecule has 0 fully saturated rings. The third kappa shape index (κ3) is 3.47. The van der Waals surface area contributed by atoms with Gasteiger partial charge in [0.15, 0.2) is 5.78 Å². The average molecular weight is 398 g/mol. The van der Waals surface area contributed by atoms with Crippen LogP contribution in [0.5, 0.6) is 0 Å². The maximum atomic E-state index is 12.9. The van der Waals surface area contributed by atoms with E-state index in [2.05, 4.69) is 11.9 Å². The van der Waals surface area contributed by atoms with E-state index >= 15 is 0 Å². The number of ketones is 1. The first-order valence-corrected chi connectivity index (χ1v) is 9.91. The van der Waals surface area contributed by atoms with E-state index < -0.39 is 39.0 Å². The van der Waals surface area contributed by atoms with Crippen LogP contribution in [0.2, 0.25) is 0 Å². The summed E-state index contributed by atoms with van der Waals surface area (Å²) in [6.07, 6.45) is 1.85. The Morgan fingerprint density at radius 2 is 1.82 bits per heavy atom. The van der Waals surface area contributed by atoms with Crippen molar-refractivity contribution in [3.63, 3.8) is 0 Å². The molecular formula is C20H18N2O5S. The van der Waals surface area contributed by atoms with Crippen molar-refractivity contribution in [1.29, 1.82) is 0 Å². The zero-order valence-electron chi connectivity index (χ0n) is 14.8. The number of hydrogen-bond acceptors (Lipinski definition) is 5. The molecule has 0 spiro atoms. The number of aliphatic hydroxyl groups excluding tert-OH is 1. The minimum atomic E-state index is -4.10. The monoisotopic (exact) mass is 398 g/mol. The molecule has 0 saturated carbocycles. The number of Topliss-reactive ketones (excluding diaryl/α,β-unsaturated/α-hetero) is 1. The molecule has 1 atom stereocenters. The van der Waals surface area contributed by atoms with Crippen molar-refractivity contribution >= 4 is 33.2 Å². The third-order valence-corrected chi connectivity index (χ3v) is 5.43. The number of nitrogens with one attached hydrogen (secondary N) is 1.